The van der Waals surface area contributed by atoms with E-state index in [-0.39, 0.29) is 0 Å². The summed E-state index contributed by atoms with van der Waals surface area (Å²) in [7, 11) is -3.18. The van der Waals surface area contributed by atoms with Gasteiger partial charge in [-0.15, -0.1) is 0 Å². The molecule has 1 aliphatic heterocycles. The Bertz CT molecular complexity index is 839. The van der Waals surface area contributed by atoms with Crippen LogP contribution in [0.1, 0.15) is 24.2 Å². The largest absolute Gasteiger partial charge is 0.382 e. The molecule has 0 spiro atoms. The molecule has 134 valence electrons. The fraction of sp³-hybridized carbons (Fsp3) is 0.444. The Kier molecular flexibility index (Phi) is 4.94. The zero-order valence-electron chi connectivity index (χ0n) is 14.9. The van der Waals surface area contributed by atoms with Crippen LogP contribution in [0.15, 0.2) is 35.2 Å². The zero-order valence-corrected chi connectivity index (χ0v) is 15.7. The summed E-state index contributed by atoms with van der Waals surface area (Å²) in [5.41, 5.74) is 2.82. The normalized spacial score (nSPS) is 16.0. The van der Waals surface area contributed by atoms with Crippen LogP contribution in [0.3, 0.4) is 0 Å². The molecule has 1 saturated heterocycles. The van der Waals surface area contributed by atoms with Crippen LogP contribution in [-0.2, 0) is 9.84 Å². The lowest BCUT2D eigenvalue weighted by Crippen LogP contribution is -2.40. The van der Waals surface area contributed by atoms with E-state index >= 15 is 0 Å². The summed E-state index contributed by atoms with van der Waals surface area (Å²) in [6.45, 7) is 5.74. The van der Waals surface area contributed by atoms with Crippen molar-refractivity contribution in [1.29, 1.82) is 0 Å². The Morgan fingerprint density at radius 3 is 2.32 bits per heavy atom. The highest BCUT2D eigenvalue weighted by Gasteiger charge is 2.21. The number of benzene rings is 1. The maximum Gasteiger partial charge on any atom is 0.225 e. The molecule has 2 aromatic rings. The molecule has 0 amide bonds. The van der Waals surface area contributed by atoms with E-state index < -0.39 is 9.84 Å². The van der Waals surface area contributed by atoms with Crippen LogP contribution in [-0.4, -0.2) is 43.8 Å². The predicted octanol–water partition coefficient (Wildman–Crippen LogP) is 2.58. The van der Waals surface area contributed by atoms with Crippen molar-refractivity contribution in [3.05, 3.63) is 41.7 Å². The molecule has 0 radical (unpaired) electrons. The second kappa shape index (κ2) is 7.00. The van der Waals surface area contributed by atoms with E-state index in [1.165, 1.54) is 6.26 Å². The molecule has 6 nitrogen and oxygen atoms in total. The predicted molar refractivity (Wildman–Crippen MR) is 99.9 cm³/mol. The molecule has 3 rings (SSSR count). The van der Waals surface area contributed by atoms with Crippen LogP contribution < -0.4 is 10.2 Å². The average Bonchev–Trinajstić information content (AvgIpc) is 2.54. The number of anilines is 2. The first-order chi connectivity index (χ1) is 11.8. The molecule has 1 aromatic heterocycles. The standard InChI is InChI=1S/C18H24N4O2S/c1-13-11-14(2)20-18(19-13)22-9-7-15(8-10-22)21-16-5-4-6-17(12-16)25(3,23)24/h4-6,11-12,15,21H,7-10H2,1-3H3. The van der Waals surface area contributed by atoms with Gasteiger partial charge in [-0.2, -0.15) is 0 Å². The fourth-order valence-corrected chi connectivity index (χ4v) is 3.79. The van der Waals surface area contributed by atoms with Gasteiger partial charge in [-0.3, -0.25) is 0 Å². The molecule has 0 atom stereocenters. The molecule has 1 N–H and O–H groups in total. The molecule has 25 heavy (non-hydrogen) atoms. The van der Waals surface area contributed by atoms with Crippen LogP contribution in [0, 0.1) is 13.8 Å². The lowest BCUT2D eigenvalue weighted by atomic mass is 10.0. The lowest BCUT2D eigenvalue weighted by Gasteiger charge is -2.33. The third kappa shape index (κ3) is 4.48. The van der Waals surface area contributed by atoms with Crippen LogP contribution in [0.5, 0.6) is 0 Å². The summed E-state index contributed by atoms with van der Waals surface area (Å²) in [6.07, 6.45) is 3.15. The summed E-state index contributed by atoms with van der Waals surface area (Å²) < 4.78 is 23.4. The van der Waals surface area contributed by atoms with Crippen molar-refractivity contribution >= 4 is 21.5 Å². The minimum Gasteiger partial charge on any atom is -0.382 e. The topological polar surface area (TPSA) is 75.2 Å². The molecule has 7 heteroatoms. The van der Waals surface area contributed by atoms with Crippen LogP contribution in [0.25, 0.3) is 0 Å². The van der Waals surface area contributed by atoms with E-state index in [2.05, 4.69) is 20.2 Å². The molecule has 0 aliphatic carbocycles. The first-order valence-electron chi connectivity index (χ1n) is 8.45. The van der Waals surface area contributed by atoms with Crippen LogP contribution >= 0.6 is 0 Å². The second-order valence-corrected chi connectivity index (χ2v) is 8.67. The molecule has 1 fully saturated rings. The Morgan fingerprint density at radius 1 is 1.08 bits per heavy atom. The number of rotatable bonds is 4. The lowest BCUT2D eigenvalue weighted by molar-refractivity contribution is 0.519. The Labute approximate surface area is 149 Å². The van der Waals surface area contributed by atoms with Gasteiger partial charge < -0.3 is 10.2 Å². The Balaban J connectivity index is 1.63. The summed E-state index contributed by atoms with van der Waals surface area (Å²) in [6, 6.07) is 9.31. The fourth-order valence-electron chi connectivity index (χ4n) is 3.12. The molecule has 2 heterocycles. The van der Waals surface area contributed by atoms with Gasteiger partial charge in [0.15, 0.2) is 9.84 Å². The first-order valence-corrected chi connectivity index (χ1v) is 10.3. The summed E-state index contributed by atoms with van der Waals surface area (Å²) in [5.74, 6) is 0.801. The van der Waals surface area contributed by atoms with Crippen molar-refractivity contribution in [2.24, 2.45) is 0 Å². The van der Waals surface area contributed by atoms with Gasteiger partial charge >= 0.3 is 0 Å². The number of hydrogen-bond acceptors (Lipinski definition) is 6. The van der Waals surface area contributed by atoms with Crippen molar-refractivity contribution in [2.45, 2.75) is 37.6 Å². The molecule has 1 aromatic carbocycles. The number of sulfone groups is 1. The molecular formula is C18H24N4O2S. The highest BCUT2D eigenvalue weighted by Crippen LogP contribution is 2.22. The van der Waals surface area contributed by atoms with Gasteiger partial charge in [-0.25, -0.2) is 18.4 Å². The van der Waals surface area contributed by atoms with Crippen LogP contribution in [0.2, 0.25) is 0 Å². The molecule has 1 aliphatic rings. The van der Waals surface area contributed by atoms with E-state index in [0.29, 0.717) is 10.9 Å². The molecule has 0 saturated carbocycles. The molecule has 0 unspecified atom stereocenters. The van der Waals surface area contributed by atoms with Crippen molar-refractivity contribution in [2.75, 3.05) is 29.6 Å². The first kappa shape index (κ1) is 17.7. The number of nitrogens with one attached hydrogen (secondary N) is 1. The van der Waals surface area contributed by atoms with E-state index in [1.54, 1.807) is 18.2 Å². The smallest absolute Gasteiger partial charge is 0.225 e. The highest BCUT2D eigenvalue weighted by molar-refractivity contribution is 7.90. The second-order valence-electron chi connectivity index (χ2n) is 6.66. The third-order valence-corrected chi connectivity index (χ3v) is 5.49. The summed E-state index contributed by atoms with van der Waals surface area (Å²) in [5, 5.41) is 3.46. The van der Waals surface area contributed by atoms with Gasteiger partial charge in [0.25, 0.3) is 0 Å². The van der Waals surface area contributed by atoms with Gasteiger partial charge in [0.1, 0.15) is 0 Å². The van der Waals surface area contributed by atoms with Crippen molar-refractivity contribution < 1.29 is 8.42 Å². The Hall–Kier alpha value is -2.15. The van der Waals surface area contributed by atoms with Crippen molar-refractivity contribution in [3.63, 3.8) is 0 Å². The maximum atomic E-state index is 11.7. The minimum atomic E-state index is -3.18. The monoisotopic (exact) mass is 360 g/mol. The van der Waals surface area contributed by atoms with Crippen molar-refractivity contribution in [1.82, 2.24) is 9.97 Å². The number of aryl methyl sites for hydroxylation is 2. The maximum absolute atomic E-state index is 11.7. The quantitative estimate of drug-likeness (QED) is 0.903. The van der Waals surface area contributed by atoms with Gasteiger partial charge in [-0.05, 0) is 51.0 Å². The molecule has 0 bridgehead atoms. The SMILES string of the molecule is Cc1cc(C)nc(N2CCC(Nc3cccc(S(C)(=O)=O)c3)CC2)n1. The van der Waals surface area contributed by atoms with Gasteiger partial charge in [0, 0.05) is 42.5 Å². The number of hydrogen-bond donors (Lipinski definition) is 1. The number of piperidine rings is 1. The van der Waals surface area contributed by atoms with Gasteiger partial charge in [-0.1, -0.05) is 6.07 Å². The number of nitrogens with zero attached hydrogens (tertiary/aromatic N) is 3. The average molecular weight is 360 g/mol. The number of aromatic nitrogens is 2. The van der Waals surface area contributed by atoms with E-state index in [1.807, 2.05) is 26.0 Å². The van der Waals surface area contributed by atoms with E-state index in [4.69, 9.17) is 0 Å². The summed E-state index contributed by atoms with van der Waals surface area (Å²) >= 11 is 0. The minimum absolute atomic E-state index is 0.317. The van der Waals surface area contributed by atoms with Crippen LogP contribution in [0.4, 0.5) is 11.6 Å². The zero-order chi connectivity index (χ0) is 18.0. The van der Waals surface area contributed by atoms with Gasteiger partial charge in [0.2, 0.25) is 5.95 Å². The van der Waals surface area contributed by atoms with Gasteiger partial charge in [0.05, 0.1) is 4.90 Å². The Morgan fingerprint density at radius 2 is 1.72 bits per heavy atom. The highest BCUT2D eigenvalue weighted by atomic mass is 32.2. The van der Waals surface area contributed by atoms with E-state index in [0.717, 1.165) is 49.0 Å². The van der Waals surface area contributed by atoms with Crippen molar-refractivity contribution in [3.8, 4) is 0 Å². The molecular weight excluding hydrogens is 336 g/mol. The summed E-state index contributed by atoms with van der Waals surface area (Å²) in [4.78, 5) is 11.6. The third-order valence-electron chi connectivity index (χ3n) is 4.38. The van der Waals surface area contributed by atoms with E-state index in [9.17, 15) is 8.42 Å².